The maximum atomic E-state index is 12.0. The number of ether oxygens (including phenoxy) is 2. The molecule has 2 atom stereocenters. The fourth-order valence-corrected chi connectivity index (χ4v) is 1.58. The fraction of sp³-hybridized carbons (Fsp3) is 0.833. The second kappa shape index (κ2) is 10.4. The van der Waals surface area contributed by atoms with Gasteiger partial charge < -0.3 is 29.9 Å². The SMILES string of the molecule is COCCN(C(=O)NCC[C@H](O)C(=O)O)C(C)COC. The molecule has 0 bridgehead atoms. The second-order valence-corrected chi connectivity index (χ2v) is 4.37. The highest BCUT2D eigenvalue weighted by atomic mass is 16.5. The van der Waals surface area contributed by atoms with Crippen molar-refractivity contribution < 1.29 is 29.3 Å². The summed E-state index contributed by atoms with van der Waals surface area (Å²) in [4.78, 5) is 24.0. The van der Waals surface area contributed by atoms with Crippen molar-refractivity contribution >= 4 is 12.0 Å². The van der Waals surface area contributed by atoms with Gasteiger partial charge in [0.15, 0.2) is 6.10 Å². The van der Waals surface area contributed by atoms with Gasteiger partial charge in [-0.15, -0.1) is 0 Å². The first-order chi connectivity index (χ1) is 9.43. The van der Waals surface area contributed by atoms with Gasteiger partial charge in [-0.2, -0.15) is 0 Å². The molecule has 8 nitrogen and oxygen atoms in total. The van der Waals surface area contributed by atoms with E-state index in [-0.39, 0.29) is 25.0 Å². The topological polar surface area (TPSA) is 108 Å². The van der Waals surface area contributed by atoms with Gasteiger partial charge in [0.25, 0.3) is 0 Å². The van der Waals surface area contributed by atoms with Gasteiger partial charge in [0.1, 0.15) is 0 Å². The van der Waals surface area contributed by atoms with E-state index < -0.39 is 12.1 Å². The summed E-state index contributed by atoms with van der Waals surface area (Å²) < 4.78 is 9.95. The molecule has 0 aromatic carbocycles. The Labute approximate surface area is 118 Å². The summed E-state index contributed by atoms with van der Waals surface area (Å²) in [5.41, 5.74) is 0. The van der Waals surface area contributed by atoms with Crippen molar-refractivity contribution in [2.45, 2.75) is 25.5 Å². The number of carboxylic acid groups (broad SMARTS) is 1. The molecule has 2 amide bonds. The molecule has 0 rings (SSSR count). The minimum absolute atomic E-state index is 0.0438. The predicted octanol–water partition coefficient (Wildman–Crippen LogP) is -0.485. The monoisotopic (exact) mass is 292 g/mol. The smallest absolute Gasteiger partial charge is 0.332 e. The summed E-state index contributed by atoms with van der Waals surface area (Å²) >= 11 is 0. The Bertz CT molecular complexity index is 300. The Morgan fingerprint density at radius 2 is 1.95 bits per heavy atom. The number of aliphatic hydroxyl groups is 1. The first-order valence-corrected chi connectivity index (χ1v) is 6.37. The minimum Gasteiger partial charge on any atom is -0.479 e. The van der Waals surface area contributed by atoms with Crippen LogP contribution in [0.1, 0.15) is 13.3 Å². The van der Waals surface area contributed by atoms with Gasteiger partial charge in [-0.05, 0) is 6.92 Å². The summed E-state index contributed by atoms with van der Waals surface area (Å²) in [7, 11) is 3.09. The number of carbonyl (C=O) groups excluding carboxylic acids is 1. The van der Waals surface area contributed by atoms with Gasteiger partial charge in [-0.3, -0.25) is 0 Å². The predicted molar refractivity (Wildman–Crippen MR) is 71.6 cm³/mol. The lowest BCUT2D eigenvalue weighted by atomic mass is 10.2. The molecule has 0 aliphatic heterocycles. The largest absolute Gasteiger partial charge is 0.479 e. The summed E-state index contributed by atoms with van der Waals surface area (Å²) in [6, 6.07) is -0.483. The van der Waals surface area contributed by atoms with E-state index in [1.165, 1.54) is 0 Å². The number of amides is 2. The molecule has 0 aromatic heterocycles. The van der Waals surface area contributed by atoms with E-state index in [2.05, 4.69) is 5.32 Å². The first kappa shape index (κ1) is 18.6. The average Bonchev–Trinajstić information content (AvgIpc) is 2.39. The van der Waals surface area contributed by atoms with Gasteiger partial charge in [0, 0.05) is 33.7 Å². The number of carboxylic acids is 1. The molecule has 0 aliphatic carbocycles. The van der Waals surface area contributed by atoms with Crippen LogP contribution in [-0.4, -0.2) is 79.8 Å². The van der Waals surface area contributed by atoms with Crippen LogP contribution in [0.5, 0.6) is 0 Å². The van der Waals surface area contributed by atoms with Crippen LogP contribution in [0, 0.1) is 0 Å². The molecule has 0 radical (unpaired) electrons. The van der Waals surface area contributed by atoms with Crippen LogP contribution in [0.15, 0.2) is 0 Å². The van der Waals surface area contributed by atoms with Crippen LogP contribution >= 0.6 is 0 Å². The zero-order chi connectivity index (χ0) is 15.5. The minimum atomic E-state index is -1.47. The zero-order valence-electron chi connectivity index (χ0n) is 12.2. The van der Waals surface area contributed by atoms with Crippen molar-refractivity contribution in [3.63, 3.8) is 0 Å². The van der Waals surface area contributed by atoms with Gasteiger partial charge in [-0.25, -0.2) is 9.59 Å². The van der Waals surface area contributed by atoms with Crippen LogP contribution in [-0.2, 0) is 14.3 Å². The highest BCUT2D eigenvalue weighted by Gasteiger charge is 2.20. The van der Waals surface area contributed by atoms with Crippen LogP contribution in [0.2, 0.25) is 0 Å². The molecular formula is C12H24N2O6. The summed E-state index contributed by atoms with van der Waals surface area (Å²) in [5.74, 6) is -1.30. The quantitative estimate of drug-likeness (QED) is 0.501. The maximum absolute atomic E-state index is 12.0. The summed E-state index contributed by atoms with van der Waals surface area (Å²) in [6.07, 6.45) is -1.52. The van der Waals surface area contributed by atoms with Gasteiger partial charge in [-0.1, -0.05) is 0 Å². The number of aliphatic hydroxyl groups excluding tert-OH is 1. The molecular weight excluding hydrogens is 268 g/mol. The number of hydrogen-bond donors (Lipinski definition) is 3. The van der Waals surface area contributed by atoms with E-state index in [0.29, 0.717) is 19.8 Å². The molecule has 1 unspecified atom stereocenters. The average molecular weight is 292 g/mol. The van der Waals surface area contributed by atoms with Crippen molar-refractivity contribution in [1.82, 2.24) is 10.2 Å². The summed E-state index contributed by atoms with van der Waals surface area (Å²) in [5, 5.41) is 20.2. The van der Waals surface area contributed by atoms with E-state index in [1.807, 2.05) is 6.92 Å². The highest BCUT2D eigenvalue weighted by molar-refractivity contribution is 5.75. The summed E-state index contributed by atoms with van der Waals surface area (Å²) in [6.45, 7) is 3.09. The number of rotatable bonds is 10. The molecule has 0 aliphatic rings. The number of nitrogens with one attached hydrogen (secondary N) is 1. The zero-order valence-corrected chi connectivity index (χ0v) is 12.2. The molecule has 20 heavy (non-hydrogen) atoms. The van der Waals surface area contributed by atoms with Crippen LogP contribution in [0.25, 0.3) is 0 Å². The normalized spacial score (nSPS) is 13.6. The maximum Gasteiger partial charge on any atom is 0.332 e. The Balaban J connectivity index is 4.28. The molecule has 0 heterocycles. The molecule has 0 spiro atoms. The van der Waals surface area contributed by atoms with E-state index in [0.717, 1.165) is 0 Å². The number of methoxy groups -OCH3 is 2. The molecule has 3 N–H and O–H groups in total. The third-order valence-electron chi connectivity index (χ3n) is 2.72. The Kier molecular flexibility index (Phi) is 9.69. The van der Waals surface area contributed by atoms with Crippen molar-refractivity contribution in [3.05, 3.63) is 0 Å². The fourth-order valence-electron chi connectivity index (χ4n) is 1.58. The third kappa shape index (κ3) is 7.27. The van der Waals surface area contributed by atoms with Crippen molar-refractivity contribution in [2.24, 2.45) is 0 Å². The molecule has 0 saturated heterocycles. The van der Waals surface area contributed by atoms with E-state index >= 15 is 0 Å². The third-order valence-corrected chi connectivity index (χ3v) is 2.72. The Morgan fingerprint density at radius 3 is 2.45 bits per heavy atom. The molecule has 0 saturated carbocycles. The van der Waals surface area contributed by atoms with E-state index in [1.54, 1.807) is 19.1 Å². The number of aliphatic carboxylic acids is 1. The molecule has 118 valence electrons. The van der Waals surface area contributed by atoms with E-state index in [9.17, 15) is 9.59 Å². The van der Waals surface area contributed by atoms with Crippen molar-refractivity contribution in [3.8, 4) is 0 Å². The van der Waals surface area contributed by atoms with Gasteiger partial charge >= 0.3 is 12.0 Å². The lowest BCUT2D eigenvalue weighted by Crippen LogP contribution is -2.48. The van der Waals surface area contributed by atoms with Crippen molar-refractivity contribution in [1.29, 1.82) is 0 Å². The van der Waals surface area contributed by atoms with Crippen LogP contribution in [0.4, 0.5) is 4.79 Å². The molecule has 0 aromatic rings. The first-order valence-electron chi connectivity index (χ1n) is 6.37. The van der Waals surface area contributed by atoms with Gasteiger partial charge in [0.2, 0.25) is 0 Å². The van der Waals surface area contributed by atoms with Crippen molar-refractivity contribution in [2.75, 3.05) is 40.5 Å². The standard InChI is InChI=1S/C12H24N2O6/c1-9(8-20-3)14(6-7-19-2)12(18)13-5-4-10(15)11(16)17/h9-10,15H,4-8H2,1-3H3,(H,13,18)(H,16,17)/t9?,10-/m0/s1. The number of carbonyl (C=O) groups is 2. The van der Waals surface area contributed by atoms with Crippen LogP contribution in [0.3, 0.4) is 0 Å². The Morgan fingerprint density at radius 1 is 1.30 bits per heavy atom. The number of hydrogen-bond acceptors (Lipinski definition) is 5. The molecule has 0 fully saturated rings. The van der Waals surface area contributed by atoms with Crippen LogP contribution < -0.4 is 5.32 Å². The number of urea groups is 1. The lowest BCUT2D eigenvalue weighted by molar-refractivity contribution is -0.146. The highest BCUT2D eigenvalue weighted by Crippen LogP contribution is 2.01. The van der Waals surface area contributed by atoms with Gasteiger partial charge in [0.05, 0.1) is 19.3 Å². The second-order valence-electron chi connectivity index (χ2n) is 4.37. The Hall–Kier alpha value is -1.38. The lowest BCUT2D eigenvalue weighted by Gasteiger charge is -2.28. The number of nitrogens with zero attached hydrogens (tertiary/aromatic N) is 1. The molecule has 8 heteroatoms. The van der Waals surface area contributed by atoms with E-state index in [4.69, 9.17) is 19.7 Å².